The fraction of sp³-hybridized carbons (Fsp3) is 0.211. The number of methoxy groups -OCH3 is 3. The molecule has 2 aromatic carbocycles. The summed E-state index contributed by atoms with van der Waals surface area (Å²) in [5.41, 5.74) is 0.504. The van der Waals surface area contributed by atoms with Gasteiger partial charge in [-0.1, -0.05) is 0 Å². The van der Waals surface area contributed by atoms with E-state index in [-0.39, 0.29) is 27.0 Å². The molecule has 0 radical (unpaired) electrons. The van der Waals surface area contributed by atoms with Gasteiger partial charge < -0.3 is 14.2 Å². The Bertz CT molecular complexity index is 1170. The van der Waals surface area contributed by atoms with Gasteiger partial charge in [-0.25, -0.2) is 21.6 Å². The molecular formula is C19H21NO8S2. The number of carbonyl (C=O) groups is 1. The van der Waals surface area contributed by atoms with Crippen LogP contribution in [0.25, 0.3) is 6.08 Å². The summed E-state index contributed by atoms with van der Waals surface area (Å²) in [5, 5.41) is 0. The summed E-state index contributed by atoms with van der Waals surface area (Å²) in [6, 6.07) is 8.05. The van der Waals surface area contributed by atoms with E-state index in [0.29, 0.717) is 5.56 Å². The van der Waals surface area contributed by atoms with Gasteiger partial charge in [0.15, 0.2) is 21.3 Å². The number of carbonyl (C=O) groups excluding carboxylic acids is 1. The number of sulfonamides is 1. The number of rotatable bonds is 8. The van der Waals surface area contributed by atoms with E-state index in [1.54, 1.807) is 0 Å². The average molecular weight is 456 g/mol. The third-order valence-electron chi connectivity index (χ3n) is 3.90. The molecule has 1 N–H and O–H groups in total. The highest BCUT2D eigenvalue weighted by Crippen LogP contribution is 2.37. The predicted octanol–water partition coefficient (Wildman–Crippen LogP) is 2.09. The van der Waals surface area contributed by atoms with Crippen LogP contribution in [0.5, 0.6) is 11.5 Å². The summed E-state index contributed by atoms with van der Waals surface area (Å²) in [5.74, 6) is -0.511. The molecule has 0 aliphatic heterocycles. The Hall–Kier alpha value is -3.05. The molecule has 30 heavy (non-hydrogen) atoms. The van der Waals surface area contributed by atoms with Gasteiger partial charge in [0.2, 0.25) is 0 Å². The third-order valence-corrected chi connectivity index (χ3v) is 6.42. The number of esters is 1. The highest BCUT2D eigenvalue weighted by Gasteiger charge is 2.24. The van der Waals surface area contributed by atoms with E-state index in [2.05, 4.69) is 9.46 Å². The number of hydrogen-bond donors (Lipinski definition) is 1. The maximum Gasteiger partial charge on any atom is 0.330 e. The third kappa shape index (κ3) is 5.51. The zero-order chi connectivity index (χ0) is 22.5. The monoisotopic (exact) mass is 455 g/mol. The molecule has 2 rings (SSSR count). The van der Waals surface area contributed by atoms with Crippen molar-refractivity contribution in [3.8, 4) is 11.5 Å². The summed E-state index contributed by atoms with van der Waals surface area (Å²) in [7, 11) is -3.72. The maximum atomic E-state index is 13.0. The van der Waals surface area contributed by atoms with Gasteiger partial charge in [-0.15, -0.1) is 0 Å². The summed E-state index contributed by atoms with van der Waals surface area (Å²) in [6.45, 7) is 0. The Balaban J connectivity index is 2.50. The van der Waals surface area contributed by atoms with Crippen molar-refractivity contribution in [2.24, 2.45) is 0 Å². The van der Waals surface area contributed by atoms with Crippen LogP contribution in [-0.4, -0.2) is 50.4 Å². The molecule has 162 valence electrons. The zero-order valence-corrected chi connectivity index (χ0v) is 18.3. The number of sulfone groups is 1. The lowest BCUT2D eigenvalue weighted by Crippen LogP contribution is -2.15. The molecule has 0 bridgehead atoms. The molecular weight excluding hydrogens is 434 g/mol. The first kappa shape index (κ1) is 23.2. The van der Waals surface area contributed by atoms with Crippen LogP contribution in [-0.2, 0) is 29.4 Å². The van der Waals surface area contributed by atoms with Gasteiger partial charge in [0.1, 0.15) is 4.90 Å². The van der Waals surface area contributed by atoms with E-state index in [4.69, 9.17) is 9.47 Å². The van der Waals surface area contributed by atoms with Crippen LogP contribution >= 0.6 is 0 Å². The SMILES string of the molecule is COC(=O)/C=C/c1cc(OC)c(OC)c(S(=O)(=O)Nc2ccc(S(C)(=O)=O)cc2)c1. The second-order valence-corrected chi connectivity index (χ2v) is 9.68. The lowest BCUT2D eigenvalue weighted by Gasteiger charge is -2.15. The first-order chi connectivity index (χ1) is 14.0. The normalized spacial score (nSPS) is 11.9. The largest absolute Gasteiger partial charge is 0.493 e. The van der Waals surface area contributed by atoms with Gasteiger partial charge in [-0.3, -0.25) is 4.72 Å². The van der Waals surface area contributed by atoms with Gasteiger partial charge in [0.25, 0.3) is 10.0 Å². The molecule has 2 aromatic rings. The summed E-state index contributed by atoms with van der Waals surface area (Å²) < 4.78 is 66.5. The van der Waals surface area contributed by atoms with Gasteiger partial charge in [0.05, 0.1) is 26.2 Å². The average Bonchev–Trinajstić information content (AvgIpc) is 2.70. The lowest BCUT2D eigenvalue weighted by molar-refractivity contribution is -0.134. The van der Waals surface area contributed by atoms with Crippen LogP contribution in [0.3, 0.4) is 0 Å². The minimum Gasteiger partial charge on any atom is -0.493 e. The van der Waals surface area contributed by atoms with Crippen molar-refractivity contribution in [2.45, 2.75) is 9.79 Å². The molecule has 0 heterocycles. The molecule has 0 aliphatic carbocycles. The van der Waals surface area contributed by atoms with Crippen molar-refractivity contribution in [1.82, 2.24) is 0 Å². The molecule has 11 heteroatoms. The fourth-order valence-corrected chi connectivity index (χ4v) is 4.36. The first-order valence-corrected chi connectivity index (χ1v) is 11.7. The van der Waals surface area contributed by atoms with Crippen molar-refractivity contribution in [1.29, 1.82) is 0 Å². The minimum atomic E-state index is -4.16. The summed E-state index contributed by atoms with van der Waals surface area (Å²) in [6.07, 6.45) is 3.55. The Kier molecular flexibility index (Phi) is 7.11. The van der Waals surface area contributed by atoms with Crippen LogP contribution in [0.15, 0.2) is 52.3 Å². The highest BCUT2D eigenvalue weighted by atomic mass is 32.2. The Morgan fingerprint density at radius 1 is 0.967 bits per heavy atom. The van der Waals surface area contributed by atoms with Crippen molar-refractivity contribution in [3.05, 3.63) is 48.0 Å². The van der Waals surface area contributed by atoms with Gasteiger partial charge in [-0.2, -0.15) is 0 Å². The molecule has 0 aliphatic rings. The summed E-state index contributed by atoms with van der Waals surface area (Å²) >= 11 is 0. The van der Waals surface area contributed by atoms with Crippen molar-refractivity contribution in [2.75, 3.05) is 32.3 Å². The number of nitrogens with one attached hydrogen (secondary N) is 1. The standard InChI is InChI=1S/C19H21NO8S2/c1-26-16-11-13(5-10-18(21)27-2)12-17(19(16)28-3)30(24,25)20-14-6-8-15(9-7-14)29(4,22)23/h5-12,20H,1-4H3/b10-5+. The van der Waals surface area contributed by atoms with Gasteiger partial charge in [0, 0.05) is 18.0 Å². The zero-order valence-electron chi connectivity index (χ0n) is 16.7. The van der Waals surface area contributed by atoms with Crippen molar-refractivity contribution >= 4 is 37.6 Å². The molecule has 0 unspecified atom stereocenters. The molecule has 0 saturated carbocycles. The topological polar surface area (TPSA) is 125 Å². The summed E-state index contributed by atoms with van der Waals surface area (Å²) in [4.78, 5) is 11.2. The van der Waals surface area contributed by atoms with Gasteiger partial charge >= 0.3 is 5.97 Å². The van der Waals surface area contributed by atoms with Crippen LogP contribution in [0.2, 0.25) is 0 Å². The van der Waals surface area contributed by atoms with Crippen LogP contribution in [0.4, 0.5) is 5.69 Å². The number of benzene rings is 2. The quantitative estimate of drug-likeness (QED) is 0.474. The molecule has 0 aromatic heterocycles. The van der Waals surface area contributed by atoms with Crippen molar-refractivity contribution < 1.29 is 35.8 Å². The lowest BCUT2D eigenvalue weighted by atomic mass is 10.2. The number of anilines is 1. The fourth-order valence-electron chi connectivity index (χ4n) is 2.46. The minimum absolute atomic E-state index is 0.0343. The molecule has 0 amide bonds. The Labute approximate surface area is 175 Å². The van der Waals surface area contributed by atoms with E-state index in [9.17, 15) is 21.6 Å². The second-order valence-electron chi connectivity index (χ2n) is 6.01. The first-order valence-electron chi connectivity index (χ1n) is 8.37. The second kappa shape index (κ2) is 9.18. The van der Waals surface area contributed by atoms with Crippen molar-refractivity contribution in [3.63, 3.8) is 0 Å². The maximum absolute atomic E-state index is 13.0. The predicted molar refractivity (Wildman–Crippen MR) is 111 cm³/mol. The Morgan fingerprint density at radius 3 is 2.10 bits per heavy atom. The van der Waals surface area contributed by atoms with E-state index < -0.39 is 25.8 Å². The smallest absolute Gasteiger partial charge is 0.330 e. The van der Waals surface area contributed by atoms with E-state index >= 15 is 0 Å². The molecule has 0 atom stereocenters. The van der Waals surface area contributed by atoms with Crippen LogP contribution in [0, 0.1) is 0 Å². The van der Waals surface area contributed by atoms with E-state index in [1.165, 1.54) is 63.8 Å². The molecule has 0 spiro atoms. The van der Waals surface area contributed by atoms with Crippen LogP contribution < -0.4 is 14.2 Å². The molecule has 0 fully saturated rings. The number of ether oxygens (including phenoxy) is 3. The van der Waals surface area contributed by atoms with Crippen LogP contribution in [0.1, 0.15) is 5.56 Å². The Morgan fingerprint density at radius 2 is 1.60 bits per heavy atom. The molecule has 0 saturated heterocycles. The highest BCUT2D eigenvalue weighted by molar-refractivity contribution is 7.92. The molecule has 9 nitrogen and oxygen atoms in total. The van der Waals surface area contributed by atoms with E-state index in [1.807, 2.05) is 0 Å². The van der Waals surface area contributed by atoms with E-state index in [0.717, 1.165) is 12.3 Å². The number of hydrogen-bond acceptors (Lipinski definition) is 8. The van der Waals surface area contributed by atoms with Gasteiger partial charge in [-0.05, 0) is 48.0 Å².